The van der Waals surface area contributed by atoms with E-state index in [4.69, 9.17) is 21.4 Å². The minimum absolute atomic E-state index is 0.0412. The molecule has 0 radical (unpaired) electrons. The molecule has 0 heterocycles. The summed E-state index contributed by atoms with van der Waals surface area (Å²) in [6.07, 6.45) is 2.07. The van der Waals surface area contributed by atoms with Crippen LogP contribution < -0.4 is 10.1 Å². The largest absolute Gasteiger partial charge is 0.492 e. The molecule has 0 bridgehead atoms. The van der Waals surface area contributed by atoms with E-state index in [1.807, 2.05) is 0 Å². The van der Waals surface area contributed by atoms with Gasteiger partial charge in [-0.3, -0.25) is 9.59 Å². The van der Waals surface area contributed by atoms with Gasteiger partial charge < -0.3 is 15.2 Å². The van der Waals surface area contributed by atoms with Crippen molar-refractivity contribution in [2.75, 3.05) is 13.2 Å². The lowest BCUT2D eigenvalue weighted by molar-refractivity contribution is -0.157. The van der Waals surface area contributed by atoms with E-state index in [2.05, 4.69) is 5.32 Å². The van der Waals surface area contributed by atoms with Crippen LogP contribution in [0.3, 0.4) is 0 Å². The molecule has 0 saturated heterocycles. The van der Waals surface area contributed by atoms with Gasteiger partial charge in [0, 0.05) is 11.4 Å². The van der Waals surface area contributed by atoms with Gasteiger partial charge in [-0.2, -0.15) is 0 Å². The van der Waals surface area contributed by atoms with Crippen molar-refractivity contribution in [3.63, 3.8) is 0 Å². The number of halogens is 1. The third kappa shape index (κ3) is 4.11. The summed E-state index contributed by atoms with van der Waals surface area (Å²) in [4.78, 5) is 22.9. The Morgan fingerprint density at radius 3 is 2.71 bits per heavy atom. The molecular weight excluding hydrogens is 294 g/mol. The number of carboxylic acid groups (broad SMARTS) is 1. The molecular formula is C15H18ClNO4. The Labute approximate surface area is 128 Å². The normalized spacial score (nSPS) is 15.9. The number of nitrogens with one attached hydrogen (secondary N) is 1. The second-order valence-electron chi connectivity index (χ2n) is 5.27. The average Bonchev–Trinajstić information content (AvgIpc) is 2.39. The summed E-state index contributed by atoms with van der Waals surface area (Å²) in [6, 6.07) is 7.00. The van der Waals surface area contributed by atoms with Crippen LogP contribution in [0.1, 0.15) is 25.7 Å². The highest BCUT2D eigenvalue weighted by Crippen LogP contribution is 2.44. The zero-order chi connectivity index (χ0) is 15.3. The predicted molar refractivity (Wildman–Crippen MR) is 78.5 cm³/mol. The molecule has 0 atom stereocenters. The van der Waals surface area contributed by atoms with Gasteiger partial charge in [0.25, 0.3) is 0 Å². The Kier molecular flexibility index (Phi) is 5.07. The minimum atomic E-state index is -0.876. The minimum Gasteiger partial charge on any atom is -0.492 e. The highest BCUT2D eigenvalue weighted by Gasteiger charge is 2.45. The van der Waals surface area contributed by atoms with E-state index in [0.717, 1.165) is 6.42 Å². The molecule has 1 aromatic rings. The molecule has 21 heavy (non-hydrogen) atoms. The zero-order valence-electron chi connectivity index (χ0n) is 11.6. The molecule has 5 nitrogen and oxygen atoms in total. The van der Waals surface area contributed by atoms with Crippen molar-refractivity contribution in [1.82, 2.24) is 5.32 Å². The molecule has 0 unspecified atom stereocenters. The second kappa shape index (κ2) is 6.80. The van der Waals surface area contributed by atoms with Gasteiger partial charge in [-0.1, -0.05) is 24.1 Å². The Balaban J connectivity index is 1.69. The lowest BCUT2D eigenvalue weighted by Gasteiger charge is -2.36. The van der Waals surface area contributed by atoms with E-state index in [9.17, 15) is 9.59 Å². The van der Waals surface area contributed by atoms with Crippen molar-refractivity contribution < 1.29 is 19.4 Å². The quantitative estimate of drug-likeness (QED) is 0.759. The lowest BCUT2D eigenvalue weighted by atomic mass is 9.66. The lowest BCUT2D eigenvalue weighted by Crippen LogP contribution is -2.43. The number of rotatable bonds is 7. The Bertz CT molecular complexity index is 528. The van der Waals surface area contributed by atoms with Crippen molar-refractivity contribution in [2.24, 2.45) is 5.41 Å². The number of benzene rings is 1. The van der Waals surface area contributed by atoms with Gasteiger partial charge in [-0.15, -0.1) is 0 Å². The summed E-state index contributed by atoms with van der Waals surface area (Å²) in [5.74, 6) is -0.483. The van der Waals surface area contributed by atoms with Gasteiger partial charge in [0.2, 0.25) is 5.91 Å². The fraction of sp³-hybridized carbons (Fsp3) is 0.467. The van der Waals surface area contributed by atoms with Crippen molar-refractivity contribution >= 4 is 23.5 Å². The fourth-order valence-corrected chi connectivity index (χ4v) is 2.54. The summed E-state index contributed by atoms with van der Waals surface area (Å²) in [7, 11) is 0. The van der Waals surface area contributed by atoms with Crippen LogP contribution in [-0.4, -0.2) is 30.1 Å². The summed E-state index contributed by atoms with van der Waals surface area (Å²) in [6.45, 7) is 0.646. The van der Waals surface area contributed by atoms with Gasteiger partial charge in [-0.25, -0.2) is 0 Å². The topological polar surface area (TPSA) is 75.6 Å². The van der Waals surface area contributed by atoms with Crippen LogP contribution in [0.15, 0.2) is 24.3 Å². The molecule has 0 aliphatic heterocycles. The number of hydrogen-bond acceptors (Lipinski definition) is 3. The molecule has 114 valence electrons. The third-order valence-electron chi connectivity index (χ3n) is 3.75. The number of carbonyl (C=O) groups is 2. The Morgan fingerprint density at radius 1 is 1.38 bits per heavy atom. The summed E-state index contributed by atoms with van der Waals surface area (Å²) in [5.41, 5.74) is -0.849. The smallest absolute Gasteiger partial charge is 0.310 e. The van der Waals surface area contributed by atoms with Crippen molar-refractivity contribution in [2.45, 2.75) is 25.7 Å². The van der Waals surface area contributed by atoms with E-state index >= 15 is 0 Å². The molecule has 2 rings (SSSR count). The maximum Gasteiger partial charge on any atom is 0.310 e. The highest BCUT2D eigenvalue weighted by atomic mass is 35.5. The third-order valence-corrected chi connectivity index (χ3v) is 3.99. The van der Waals surface area contributed by atoms with Crippen LogP contribution in [0.4, 0.5) is 0 Å². The standard InChI is InChI=1S/C15H18ClNO4/c16-11-3-1-4-12(9-11)21-8-7-17-13(18)10-15(14(19)20)5-2-6-15/h1,3-4,9H,2,5-8,10H2,(H,17,18)(H,19,20). The molecule has 1 fully saturated rings. The van der Waals surface area contributed by atoms with Gasteiger partial charge in [0.15, 0.2) is 0 Å². The number of carbonyl (C=O) groups excluding carboxylic acids is 1. The number of aliphatic carboxylic acids is 1. The van der Waals surface area contributed by atoms with E-state index in [1.165, 1.54) is 0 Å². The molecule has 1 amide bonds. The maximum atomic E-state index is 11.8. The first-order valence-corrected chi connectivity index (χ1v) is 7.28. The summed E-state index contributed by atoms with van der Waals surface area (Å²) >= 11 is 5.83. The van der Waals surface area contributed by atoms with Crippen LogP contribution in [0.5, 0.6) is 5.75 Å². The zero-order valence-corrected chi connectivity index (χ0v) is 12.4. The Hall–Kier alpha value is -1.75. The summed E-state index contributed by atoms with van der Waals surface area (Å²) in [5, 5.41) is 12.4. The highest BCUT2D eigenvalue weighted by molar-refractivity contribution is 6.30. The Morgan fingerprint density at radius 2 is 2.14 bits per heavy atom. The van der Waals surface area contributed by atoms with E-state index < -0.39 is 11.4 Å². The van der Waals surface area contributed by atoms with E-state index in [0.29, 0.717) is 36.8 Å². The fourth-order valence-electron chi connectivity index (χ4n) is 2.36. The molecule has 2 N–H and O–H groups in total. The maximum absolute atomic E-state index is 11.8. The van der Waals surface area contributed by atoms with Gasteiger partial charge in [-0.05, 0) is 31.0 Å². The van der Waals surface area contributed by atoms with Crippen molar-refractivity contribution in [3.05, 3.63) is 29.3 Å². The first-order chi connectivity index (χ1) is 10.0. The number of carboxylic acids is 1. The first-order valence-electron chi connectivity index (χ1n) is 6.90. The van der Waals surface area contributed by atoms with E-state index in [1.54, 1.807) is 24.3 Å². The molecule has 1 saturated carbocycles. The van der Waals surface area contributed by atoms with Crippen LogP contribution in [0.25, 0.3) is 0 Å². The molecule has 0 spiro atoms. The van der Waals surface area contributed by atoms with Crippen LogP contribution in [0.2, 0.25) is 5.02 Å². The number of hydrogen-bond donors (Lipinski definition) is 2. The number of amides is 1. The summed E-state index contributed by atoms with van der Waals surface area (Å²) < 4.78 is 5.44. The average molecular weight is 312 g/mol. The van der Waals surface area contributed by atoms with Crippen LogP contribution >= 0.6 is 11.6 Å². The van der Waals surface area contributed by atoms with E-state index in [-0.39, 0.29) is 12.3 Å². The first kappa shape index (κ1) is 15.6. The van der Waals surface area contributed by atoms with Gasteiger partial charge >= 0.3 is 5.97 Å². The molecule has 0 aromatic heterocycles. The van der Waals surface area contributed by atoms with Crippen LogP contribution in [-0.2, 0) is 9.59 Å². The van der Waals surface area contributed by atoms with Crippen molar-refractivity contribution in [3.8, 4) is 5.75 Å². The second-order valence-corrected chi connectivity index (χ2v) is 5.71. The molecule has 1 aliphatic rings. The molecule has 6 heteroatoms. The molecule has 1 aromatic carbocycles. The monoisotopic (exact) mass is 311 g/mol. The van der Waals surface area contributed by atoms with Gasteiger partial charge in [0.1, 0.15) is 12.4 Å². The number of ether oxygens (including phenoxy) is 1. The van der Waals surface area contributed by atoms with Crippen LogP contribution in [0, 0.1) is 5.41 Å². The molecule has 1 aliphatic carbocycles. The van der Waals surface area contributed by atoms with Crippen molar-refractivity contribution in [1.29, 1.82) is 0 Å². The SMILES string of the molecule is O=C(CC1(C(=O)O)CCC1)NCCOc1cccc(Cl)c1. The predicted octanol–water partition coefficient (Wildman–Crippen LogP) is 2.48. The van der Waals surface area contributed by atoms with Gasteiger partial charge in [0.05, 0.1) is 12.0 Å².